The van der Waals surface area contributed by atoms with Gasteiger partial charge in [-0.3, -0.25) is 4.79 Å². The third-order valence-corrected chi connectivity index (χ3v) is 2.97. The van der Waals surface area contributed by atoms with Gasteiger partial charge in [-0.05, 0) is 25.0 Å². The number of rotatable bonds is 2. The second-order valence-corrected chi connectivity index (χ2v) is 3.94. The maximum absolute atomic E-state index is 10.8. The fourth-order valence-electron chi connectivity index (χ4n) is 2.02. The van der Waals surface area contributed by atoms with Gasteiger partial charge in [-0.2, -0.15) is 0 Å². The number of carboxylic acid groups (broad SMARTS) is 1. The van der Waals surface area contributed by atoms with Crippen LogP contribution in [0.15, 0.2) is 30.3 Å². The van der Waals surface area contributed by atoms with Gasteiger partial charge in [-0.15, -0.1) is 24.8 Å². The lowest BCUT2D eigenvalue weighted by atomic mass is 9.97. The highest BCUT2D eigenvalue weighted by molar-refractivity contribution is 5.85. The summed E-state index contributed by atoms with van der Waals surface area (Å²) in [6, 6.07) is 10.2. The number of piperidine rings is 1. The molecule has 2 rings (SSSR count). The third kappa shape index (κ3) is 4.10. The van der Waals surface area contributed by atoms with Gasteiger partial charge in [-0.25, -0.2) is 0 Å². The highest BCUT2D eigenvalue weighted by atomic mass is 35.5. The zero-order valence-electron chi connectivity index (χ0n) is 9.41. The zero-order valence-corrected chi connectivity index (χ0v) is 11.0. The third-order valence-electron chi connectivity index (χ3n) is 2.97. The summed E-state index contributed by atoms with van der Waals surface area (Å²) in [6.45, 7) is 1.70. The Morgan fingerprint density at radius 2 is 1.65 bits per heavy atom. The normalized spacial score (nSPS) is 15.6. The lowest BCUT2D eigenvalue weighted by molar-refractivity contribution is -0.142. The van der Waals surface area contributed by atoms with Crippen molar-refractivity contribution in [2.45, 2.75) is 12.8 Å². The highest BCUT2D eigenvalue weighted by Crippen LogP contribution is 2.22. The SMILES string of the molecule is Cl.Cl.O=C(O)C1CCN(c2ccccc2)CC1. The van der Waals surface area contributed by atoms with E-state index in [9.17, 15) is 4.79 Å². The van der Waals surface area contributed by atoms with Crippen molar-refractivity contribution >= 4 is 36.5 Å². The topological polar surface area (TPSA) is 40.5 Å². The first kappa shape index (κ1) is 16.1. The average Bonchev–Trinajstić information content (AvgIpc) is 2.30. The average molecular weight is 278 g/mol. The first-order chi connectivity index (χ1) is 7.27. The predicted octanol–water partition coefficient (Wildman–Crippen LogP) is 2.83. The molecule has 0 amide bonds. The quantitative estimate of drug-likeness (QED) is 0.904. The van der Waals surface area contributed by atoms with E-state index >= 15 is 0 Å². The number of carbonyl (C=O) groups is 1. The second-order valence-electron chi connectivity index (χ2n) is 3.94. The van der Waals surface area contributed by atoms with Crippen molar-refractivity contribution in [2.24, 2.45) is 5.92 Å². The summed E-state index contributed by atoms with van der Waals surface area (Å²) < 4.78 is 0. The van der Waals surface area contributed by atoms with Crippen LogP contribution in [0.25, 0.3) is 0 Å². The molecule has 1 fully saturated rings. The molecule has 5 heteroatoms. The largest absolute Gasteiger partial charge is 0.481 e. The summed E-state index contributed by atoms with van der Waals surface area (Å²) in [6.07, 6.45) is 1.51. The number of benzene rings is 1. The molecule has 1 aromatic carbocycles. The van der Waals surface area contributed by atoms with Gasteiger partial charge in [0.1, 0.15) is 0 Å². The van der Waals surface area contributed by atoms with Gasteiger partial charge in [0, 0.05) is 18.8 Å². The smallest absolute Gasteiger partial charge is 0.306 e. The van der Waals surface area contributed by atoms with E-state index < -0.39 is 5.97 Å². The molecule has 17 heavy (non-hydrogen) atoms. The zero-order chi connectivity index (χ0) is 10.7. The maximum atomic E-state index is 10.8. The Morgan fingerprint density at radius 3 is 2.12 bits per heavy atom. The number of nitrogens with zero attached hydrogens (tertiary/aromatic N) is 1. The molecule has 1 N–H and O–H groups in total. The molecule has 0 unspecified atom stereocenters. The van der Waals surface area contributed by atoms with Crippen molar-refractivity contribution in [1.82, 2.24) is 0 Å². The minimum absolute atomic E-state index is 0. The van der Waals surface area contributed by atoms with E-state index in [1.807, 2.05) is 18.2 Å². The van der Waals surface area contributed by atoms with E-state index in [1.54, 1.807) is 0 Å². The molecule has 1 aliphatic heterocycles. The van der Waals surface area contributed by atoms with E-state index in [2.05, 4.69) is 17.0 Å². The molecule has 0 bridgehead atoms. The number of aliphatic carboxylic acids is 1. The van der Waals surface area contributed by atoms with Crippen LogP contribution in [0, 0.1) is 5.92 Å². The monoisotopic (exact) mass is 277 g/mol. The van der Waals surface area contributed by atoms with Crippen LogP contribution >= 0.6 is 24.8 Å². The Balaban J connectivity index is 0.00000128. The first-order valence-electron chi connectivity index (χ1n) is 5.30. The van der Waals surface area contributed by atoms with E-state index in [4.69, 9.17) is 5.11 Å². The number of anilines is 1. The predicted molar refractivity (Wildman–Crippen MR) is 73.5 cm³/mol. The Morgan fingerprint density at radius 1 is 1.12 bits per heavy atom. The molecule has 1 heterocycles. The first-order valence-corrected chi connectivity index (χ1v) is 5.30. The van der Waals surface area contributed by atoms with Crippen LogP contribution in [0.1, 0.15) is 12.8 Å². The van der Waals surface area contributed by atoms with E-state index in [0.29, 0.717) is 0 Å². The van der Waals surface area contributed by atoms with Crippen molar-refractivity contribution < 1.29 is 9.90 Å². The fourth-order valence-corrected chi connectivity index (χ4v) is 2.02. The summed E-state index contributed by atoms with van der Waals surface area (Å²) in [7, 11) is 0. The second kappa shape index (κ2) is 7.41. The Bertz CT molecular complexity index is 338. The summed E-state index contributed by atoms with van der Waals surface area (Å²) in [4.78, 5) is 13.0. The molecule has 0 saturated carbocycles. The molecule has 0 aromatic heterocycles. The van der Waals surface area contributed by atoms with Gasteiger partial charge in [-0.1, -0.05) is 18.2 Å². The van der Waals surface area contributed by atoms with Crippen molar-refractivity contribution in [3.05, 3.63) is 30.3 Å². The van der Waals surface area contributed by atoms with Crippen molar-refractivity contribution in [1.29, 1.82) is 0 Å². The maximum Gasteiger partial charge on any atom is 0.306 e. The van der Waals surface area contributed by atoms with Crippen LogP contribution in [0.3, 0.4) is 0 Å². The Hall–Kier alpha value is -0.930. The van der Waals surface area contributed by atoms with Crippen LogP contribution < -0.4 is 4.90 Å². The molecule has 0 spiro atoms. The molecule has 1 aliphatic rings. The van der Waals surface area contributed by atoms with Crippen LogP contribution in [0.5, 0.6) is 0 Å². The van der Waals surface area contributed by atoms with Crippen molar-refractivity contribution in [3.63, 3.8) is 0 Å². The van der Waals surface area contributed by atoms with Gasteiger partial charge in [0.25, 0.3) is 0 Å². The molecule has 0 aliphatic carbocycles. The van der Waals surface area contributed by atoms with Crippen LogP contribution in [-0.4, -0.2) is 24.2 Å². The lowest BCUT2D eigenvalue weighted by Crippen LogP contribution is -2.36. The molecule has 96 valence electrons. The molecule has 0 atom stereocenters. The summed E-state index contributed by atoms with van der Waals surface area (Å²) in [5.41, 5.74) is 1.20. The Labute approximate surface area is 114 Å². The van der Waals surface area contributed by atoms with Gasteiger partial charge < -0.3 is 10.0 Å². The molecule has 3 nitrogen and oxygen atoms in total. The van der Waals surface area contributed by atoms with Gasteiger partial charge in [0.2, 0.25) is 0 Å². The summed E-state index contributed by atoms with van der Waals surface area (Å²) in [5.74, 6) is -0.798. The van der Waals surface area contributed by atoms with Gasteiger partial charge >= 0.3 is 5.97 Å². The van der Waals surface area contributed by atoms with Crippen LogP contribution in [0.4, 0.5) is 5.69 Å². The van der Waals surface area contributed by atoms with Crippen LogP contribution in [-0.2, 0) is 4.79 Å². The number of hydrogen-bond acceptors (Lipinski definition) is 2. The minimum Gasteiger partial charge on any atom is -0.481 e. The summed E-state index contributed by atoms with van der Waals surface area (Å²) >= 11 is 0. The van der Waals surface area contributed by atoms with Gasteiger partial charge in [0.15, 0.2) is 0 Å². The number of halogens is 2. The summed E-state index contributed by atoms with van der Waals surface area (Å²) in [5, 5.41) is 8.88. The molecular weight excluding hydrogens is 261 g/mol. The molecule has 1 aromatic rings. The molecular formula is C12H17Cl2NO2. The van der Waals surface area contributed by atoms with Crippen LogP contribution in [0.2, 0.25) is 0 Å². The Kier molecular flexibility index (Phi) is 7.00. The molecule has 0 radical (unpaired) electrons. The molecule has 1 saturated heterocycles. The standard InChI is InChI=1S/C12H15NO2.2ClH/c14-12(15)10-6-8-13(9-7-10)11-4-2-1-3-5-11;;/h1-5,10H,6-9H2,(H,14,15);2*1H. The van der Waals surface area contributed by atoms with Gasteiger partial charge in [0.05, 0.1) is 5.92 Å². The van der Waals surface area contributed by atoms with Crippen molar-refractivity contribution in [2.75, 3.05) is 18.0 Å². The highest BCUT2D eigenvalue weighted by Gasteiger charge is 2.24. The van der Waals surface area contributed by atoms with Crippen molar-refractivity contribution in [3.8, 4) is 0 Å². The van der Waals surface area contributed by atoms with E-state index in [1.165, 1.54) is 5.69 Å². The van der Waals surface area contributed by atoms with E-state index in [-0.39, 0.29) is 30.7 Å². The number of hydrogen-bond donors (Lipinski definition) is 1. The minimum atomic E-state index is -0.650. The number of para-hydroxylation sites is 1. The lowest BCUT2D eigenvalue weighted by Gasteiger charge is -2.31. The fraction of sp³-hybridized carbons (Fsp3) is 0.417. The van der Waals surface area contributed by atoms with E-state index in [0.717, 1.165) is 25.9 Å². The number of carboxylic acids is 1.